The number of ether oxygens (including phenoxy) is 2. The Kier molecular flexibility index (Phi) is 10.6. The first-order chi connectivity index (χ1) is 9.34. The molecule has 10 heteroatoms. The molecule has 0 radical (unpaired) electrons. The third-order valence-corrected chi connectivity index (χ3v) is 1.51. The van der Waals surface area contributed by atoms with Crippen molar-refractivity contribution in [2.24, 2.45) is 0 Å². The molecule has 0 aromatic carbocycles. The van der Waals surface area contributed by atoms with Crippen LogP contribution in [0.5, 0.6) is 0 Å². The molecule has 122 valence electrons. The molecule has 1 N–H and O–H groups in total. The second-order valence-corrected chi connectivity index (χ2v) is 4.75. The normalized spacial score (nSPS) is 10.2. The molecule has 0 aliphatic heterocycles. The highest BCUT2D eigenvalue weighted by Crippen LogP contribution is 2.03. The third kappa shape index (κ3) is 18.5. The Morgan fingerprint density at radius 2 is 1.29 bits per heavy atom. The monoisotopic (exact) mass is 323 g/mol. The van der Waals surface area contributed by atoms with Crippen molar-refractivity contribution in [2.75, 3.05) is 13.2 Å². The summed E-state index contributed by atoms with van der Waals surface area (Å²) < 4.78 is 17.9. The maximum absolute atomic E-state index is 10.9. The fraction of sp³-hybridized carbons (Fsp3) is 0.455. The van der Waals surface area contributed by atoms with Crippen LogP contribution in [0.2, 0.25) is 0 Å². The van der Waals surface area contributed by atoms with Crippen molar-refractivity contribution < 1.29 is 43.4 Å². The van der Waals surface area contributed by atoms with Gasteiger partial charge < -0.3 is 33.8 Å². The van der Waals surface area contributed by atoms with Gasteiger partial charge in [0.2, 0.25) is 0 Å². The van der Waals surface area contributed by atoms with Crippen molar-refractivity contribution in [1.82, 2.24) is 0 Å². The Balaban J connectivity index is 0. The first-order valence-electron chi connectivity index (χ1n) is 5.41. The fourth-order valence-electron chi connectivity index (χ4n) is 0.638. The summed E-state index contributed by atoms with van der Waals surface area (Å²) in [6.07, 6.45) is -1.05. The number of hydrogen-bond donors (Lipinski definition) is 1. The summed E-state index contributed by atoms with van der Waals surface area (Å²) in [5.41, 5.74) is 0.484. The molecule has 9 nitrogen and oxygen atoms in total. The minimum Gasteiger partial charge on any atom is -0.822 e. The zero-order chi connectivity index (χ0) is 17.2. The van der Waals surface area contributed by atoms with Gasteiger partial charge in [0.25, 0.3) is 0 Å². The summed E-state index contributed by atoms with van der Waals surface area (Å²) in [5.74, 6) is -1.18. The van der Waals surface area contributed by atoms with Gasteiger partial charge in [-0.1, -0.05) is 13.2 Å². The zero-order valence-corrected chi connectivity index (χ0v) is 12.5. The van der Waals surface area contributed by atoms with Gasteiger partial charge in [-0.3, -0.25) is 0 Å². The zero-order valence-electron chi connectivity index (χ0n) is 11.6. The third-order valence-electron chi connectivity index (χ3n) is 1.51. The van der Waals surface area contributed by atoms with Crippen molar-refractivity contribution in [3.05, 3.63) is 24.3 Å². The second kappa shape index (κ2) is 10.3. The minimum absolute atomic E-state index is 0.241. The molecule has 0 aromatic rings. The number of esters is 2. The van der Waals surface area contributed by atoms with Gasteiger partial charge in [-0.2, -0.15) is 7.82 Å². The van der Waals surface area contributed by atoms with Crippen molar-refractivity contribution in [3.63, 3.8) is 0 Å². The van der Waals surface area contributed by atoms with E-state index in [4.69, 9.17) is 19.2 Å². The van der Waals surface area contributed by atoms with Crippen LogP contribution in [0.1, 0.15) is 13.8 Å². The van der Waals surface area contributed by atoms with Crippen LogP contribution in [0.4, 0.5) is 0 Å². The number of aliphatic hydroxyl groups is 1. The summed E-state index contributed by atoms with van der Waals surface area (Å²) in [6, 6.07) is 0. The molecule has 0 fully saturated rings. The number of rotatable bonds is 6. The smallest absolute Gasteiger partial charge is 0.333 e. The standard InChI is InChI=1S/C11H16O5.H3O4P/c1-7(2)10(13)15-5-9(12)6-16-11(14)8(3)4;1-5(2,3)4/h9,12H,1,3,5-6H2,2,4H3;(H3,1,2,3,4)/p-3. The van der Waals surface area contributed by atoms with Gasteiger partial charge in [0, 0.05) is 11.1 Å². The van der Waals surface area contributed by atoms with Crippen molar-refractivity contribution in [3.8, 4) is 0 Å². The Labute approximate surface area is 121 Å². The van der Waals surface area contributed by atoms with Gasteiger partial charge in [-0.05, 0) is 13.8 Å². The Hall–Kier alpha value is -1.51. The molecule has 0 saturated heterocycles. The molecule has 0 aliphatic carbocycles. The van der Waals surface area contributed by atoms with Crippen LogP contribution in [0.3, 0.4) is 0 Å². The minimum atomic E-state index is -5.39. The lowest BCUT2D eigenvalue weighted by molar-refractivity contribution is -0.432. The second-order valence-electron chi connectivity index (χ2n) is 3.86. The van der Waals surface area contributed by atoms with Crippen LogP contribution < -0.4 is 14.7 Å². The number of carbonyl (C=O) groups excluding carboxylic acids is 2. The molecule has 0 aromatic heterocycles. The molecule has 21 heavy (non-hydrogen) atoms. The highest BCUT2D eigenvalue weighted by Gasteiger charge is 2.12. The highest BCUT2D eigenvalue weighted by atomic mass is 31.2. The topological polar surface area (TPSA) is 159 Å². The van der Waals surface area contributed by atoms with E-state index in [2.05, 4.69) is 22.6 Å². The number of phosphoric acid groups is 1. The van der Waals surface area contributed by atoms with Crippen LogP contribution >= 0.6 is 7.82 Å². The van der Waals surface area contributed by atoms with E-state index in [0.29, 0.717) is 0 Å². The molecule has 0 atom stereocenters. The lowest BCUT2D eigenvalue weighted by Crippen LogP contribution is -2.25. The van der Waals surface area contributed by atoms with Gasteiger partial charge in [-0.25, -0.2) is 9.59 Å². The summed E-state index contributed by atoms with van der Waals surface area (Å²) >= 11 is 0. The van der Waals surface area contributed by atoms with E-state index < -0.39 is 25.9 Å². The van der Waals surface area contributed by atoms with Gasteiger partial charge in [-0.15, -0.1) is 0 Å². The summed E-state index contributed by atoms with van der Waals surface area (Å²) in [6.45, 7) is 9.26. The lowest BCUT2D eigenvalue weighted by atomic mass is 10.3. The van der Waals surface area contributed by atoms with Crippen molar-refractivity contribution in [1.29, 1.82) is 0 Å². The molecule has 0 saturated carbocycles. The number of carbonyl (C=O) groups is 2. The maximum atomic E-state index is 10.9. The number of hydrogen-bond acceptors (Lipinski definition) is 9. The van der Waals surface area contributed by atoms with Crippen LogP contribution in [-0.4, -0.2) is 36.4 Å². The first kappa shape index (κ1) is 21.8. The average Bonchev–Trinajstić information content (AvgIpc) is 2.30. The lowest BCUT2D eigenvalue weighted by Gasteiger charge is -2.36. The molecule has 0 unspecified atom stereocenters. The van der Waals surface area contributed by atoms with E-state index in [9.17, 15) is 14.7 Å². The van der Waals surface area contributed by atoms with E-state index in [0.717, 1.165) is 0 Å². The van der Waals surface area contributed by atoms with Crippen molar-refractivity contribution in [2.45, 2.75) is 20.0 Å². The van der Waals surface area contributed by atoms with E-state index in [1.54, 1.807) is 0 Å². The van der Waals surface area contributed by atoms with E-state index in [1.165, 1.54) is 13.8 Å². The molecule has 0 aliphatic rings. The van der Waals surface area contributed by atoms with Gasteiger partial charge in [0.05, 0.1) is 0 Å². The molecule has 0 spiro atoms. The fourth-order valence-corrected chi connectivity index (χ4v) is 0.638. The van der Waals surface area contributed by atoms with E-state index >= 15 is 0 Å². The summed E-state index contributed by atoms with van der Waals surface area (Å²) in [5, 5.41) is 9.30. The SMILES string of the molecule is C=C(C)C(=O)OCC(O)COC(=O)C(=C)C.O=P([O-])([O-])[O-]. The van der Waals surface area contributed by atoms with Crippen LogP contribution in [0.15, 0.2) is 24.3 Å². The molecule has 0 amide bonds. The maximum Gasteiger partial charge on any atom is 0.333 e. The Morgan fingerprint density at radius 1 is 1.05 bits per heavy atom. The first-order valence-corrected chi connectivity index (χ1v) is 6.87. The molecule has 0 rings (SSSR count). The van der Waals surface area contributed by atoms with Gasteiger partial charge in [0.15, 0.2) is 0 Å². The molecule has 0 bridgehead atoms. The molecular formula is C11H16O9P-3. The van der Waals surface area contributed by atoms with Crippen LogP contribution in [0.25, 0.3) is 0 Å². The Morgan fingerprint density at radius 3 is 1.48 bits per heavy atom. The predicted octanol–water partition coefficient (Wildman–Crippen LogP) is -2.24. The van der Waals surface area contributed by atoms with E-state index in [1.807, 2.05) is 0 Å². The van der Waals surface area contributed by atoms with Crippen molar-refractivity contribution >= 4 is 19.8 Å². The molecular weight excluding hydrogens is 307 g/mol. The van der Waals surface area contributed by atoms with Crippen LogP contribution in [0, 0.1) is 0 Å². The summed E-state index contributed by atoms with van der Waals surface area (Å²) in [7, 11) is -5.39. The number of aliphatic hydroxyl groups excluding tert-OH is 1. The van der Waals surface area contributed by atoms with E-state index in [-0.39, 0.29) is 24.4 Å². The van der Waals surface area contributed by atoms with Crippen LogP contribution in [-0.2, 0) is 23.6 Å². The average molecular weight is 323 g/mol. The van der Waals surface area contributed by atoms with Gasteiger partial charge in [0.1, 0.15) is 19.3 Å². The van der Waals surface area contributed by atoms with Gasteiger partial charge >= 0.3 is 11.9 Å². The predicted molar refractivity (Wildman–Crippen MR) is 65.2 cm³/mol. The quantitative estimate of drug-likeness (QED) is 0.324. The molecule has 0 heterocycles. The summed E-state index contributed by atoms with van der Waals surface area (Å²) in [4.78, 5) is 47.5. The highest BCUT2D eigenvalue weighted by molar-refractivity contribution is 7.40. The largest absolute Gasteiger partial charge is 0.822 e. The Bertz CT molecular complexity index is 399.